The van der Waals surface area contributed by atoms with E-state index in [4.69, 9.17) is 17.3 Å². The monoisotopic (exact) mass is 279 g/mol. The molecule has 0 fully saturated rings. The molecule has 0 spiro atoms. The Balaban J connectivity index is 2.04. The predicted octanol–water partition coefficient (Wildman–Crippen LogP) is 2.69. The molecule has 0 aliphatic heterocycles. The highest BCUT2D eigenvalue weighted by atomic mass is 35.5. The zero-order valence-corrected chi connectivity index (χ0v) is 11.1. The third-order valence-electron chi connectivity index (χ3n) is 2.44. The van der Waals surface area contributed by atoms with E-state index in [2.05, 4.69) is 0 Å². The summed E-state index contributed by atoms with van der Waals surface area (Å²) in [6, 6.07) is 12.8. The number of anilines is 1. The Bertz CT molecular complexity index is 557. The lowest BCUT2D eigenvalue weighted by molar-refractivity contribution is -0.379. The Kier molecular flexibility index (Phi) is 4.23. The van der Waals surface area contributed by atoms with Crippen LogP contribution in [0.5, 0.6) is 0 Å². The molecule has 2 rings (SSSR count). The molecule has 0 saturated carbocycles. The zero-order chi connectivity index (χ0) is 13.0. The van der Waals surface area contributed by atoms with Crippen LogP contribution in [0.3, 0.4) is 0 Å². The maximum Gasteiger partial charge on any atom is 0.253 e. The topological polar surface area (TPSA) is 57.1 Å². The number of rotatable bonds is 4. The van der Waals surface area contributed by atoms with Crippen molar-refractivity contribution in [3.63, 3.8) is 0 Å². The minimum Gasteiger partial charge on any atom is -0.398 e. The summed E-state index contributed by atoms with van der Waals surface area (Å²) >= 11 is 7.48. The molecule has 3 N–H and O–H groups in total. The van der Waals surface area contributed by atoms with Crippen LogP contribution in [0.25, 0.3) is 0 Å². The van der Waals surface area contributed by atoms with Gasteiger partial charge in [0.2, 0.25) is 0 Å². The van der Waals surface area contributed by atoms with E-state index in [1.54, 1.807) is 30.0 Å². The second kappa shape index (κ2) is 5.89. The van der Waals surface area contributed by atoms with Crippen LogP contribution in [0, 0.1) is 4.91 Å². The van der Waals surface area contributed by atoms with Crippen molar-refractivity contribution >= 4 is 34.7 Å². The van der Waals surface area contributed by atoms with Gasteiger partial charge in [-0.05, 0) is 23.8 Å². The van der Waals surface area contributed by atoms with Gasteiger partial charge in [0.1, 0.15) is 0 Å². The van der Waals surface area contributed by atoms with Crippen molar-refractivity contribution in [1.29, 1.82) is 0 Å². The number of hydrogen-bond acceptors (Lipinski definition) is 3. The number of halogens is 1. The van der Waals surface area contributed by atoms with Crippen molar-refractivity contribution in [3.05, 3.63) is 58.0 Å². The van der Waals surface area contributed by atoms with Crippen molar-refractivity contribution in [2.24, 2.45) is 0 Å². The molecule has 2 aromatic carbocycles. The second-order valence-corrected chi connectivity index (χ2v) is 5.22. The number of nitrogens with one attached hydrogen (secondary N) is 1. The van der Waals surface area contributed by atoms with Crippen LogP contribution >= 0.6 is 23.4 Å². The van der Waals surface area contributed by atoms with Crippen LogP contribution < -0.4 is 10.9 Å². The van der Waals surface area contributed by atoms with E-state index in [1.807, 2.05) is 29.4 Å². The van der Waals surface area contributed by atoms with Gasteiger partial charge in [0.15, 0.2) is 0 Å². The van der Waals surface area contributed by atoms with Crippen molar-refractivity contribution in [2.75, 3.05) is 5.73 Å². The number of nitrogens with two attached hydrogens (primary N) is 1. The number of hydrogen-bond donors (Lipinski definition) is 2. The fourth-order valence-electron chi connectivity index (χ4n) is 1.48. The lowest BCUT2D eigenvalue weighted by Gasteiger charge is -2.05. The van der Waals surface area contributed by atoms with E-state index in [-0.39, 0.29) is 0 Å². The maximum atomic E-state index is 10.4. The van der Waals surface area contributed by atoms with E-state index >= 15 is 0 Å². The molecule has 0 bridgehead atoms. The van der Waals surface area contributed by atoms with E-state index in [9.17, 15) is 4.91 Å². The van der Waals surface area contributed by atoms with Gasteiger partial charge in [-0.2, -0.15) is 0 Å². The SMILES string of the molecule is Nc1cc(Cl)ccc1SCc1ccc([NH+]=O)cc1. The van der Waals surface area contributed by atoms with Gasteiger partial charge in [-0.15, -0.1) is 11.8 Å². The van der Waals surface area contributed by atoms with Gasteiger partial charge >= 0.3 is 0 Å². The molecule has 0 aliphatic carbocycles. The first-order chi connectivity index (χ1) is 8.69. The lowest BCUT2D eigenvalue weighted by Crippen LogP contribution is -2.55. The quantitative estimate of drug-likeness (QED) is 0.668. The van der Waals surface area contributed by atoms with E-state index < -0.39 is 0 Å². The van der Waals surface area contributed by atoms with Gasteiger partial charge < -0.3 is 5.73 Å². The van der Waals surface area contributed by atoms with Crippen LogP contribution in [-0.4, -0.2) is 0 Å². The normalized spacial score (nSPS) is 10.3. The largest absolute Gasteiger partial charge is 0.398 e. The Hall–Kier alpha value is -1.52. The molecule has 2 aromatic rings. The number of thioether (sulfide) groups is 1. The minimum atomic E-state index is 0.565. The van der Waals surface area contributed by atoms with Crippen LogP contribution in [0.1, 0.15) is 5.56 Å². The predicted molar refractivity (Wildman–Crippen MR) is 75.9 cm³/mol. The molecule has 5 heteroatoms. The third kappa shape index (κ3) is 3.24. The van der Waals surface area contributed by atoms with Crippen LogP contribution in [0.15, 0.2) is 47.4 Å². The molecule has 3 nitrogen and oxygen atoms in total. The zero-order valence-electron chi connectivity index (χ0n) is 9.52. The fourth-order valence-corrected chi connectivity index (χ4v) is 2.57. The molecule has 18 heavy (non-hydrogen) atoms. The third-order valence-corrected chi connectivity index (χ3v) is 3.83. The second-order valence-electron chi connectivity index (χ2n) is 3.77. The molecular formula is C13H12ClN2OS+. The van der Waals surface area contributed by atoms with Gasteiger partial charge in [-0.1, -0.05) is 23.7 Å². The van der Waals surface area contributed by atoms with E-state index in [0.29, 0.717) is 16.4 Å². The summed E-state index contributed by atoms with van der Waals surface area (Å²) in [5.74, 6) is 0.797. The molecule has 0 atom stereocenters. The average Bonchev–Trinajstić information content (AvgIpc) is 2.38. The van der Waals surface area contributed by atoms with Crippen LogP contribution in [0.4, 0.5) is 11.4 Å². The Labute approximate surface area is 114 Å². The van der Waals surface area contributed by atoms with Gasteiger partial charge in [-0.25, -0.2) is 0 Å². The van der Waals surface area contributed by atoms with Crippen LogP contribution in [-0.2, 0) is 5.75 Å². The number of nitroso groups, excluding NO2 is 1. The molecule has 0 unspecified atom stereocenters. The maximum absolute atomic E-state index is 10.4. The standard InChI is InChI=1S/C13H11ClN2OS/c14-10-3-6-13(12(15)7-10)18-8-9-1-4-11(16-17)5-2-9/h1-7H,8,15H2/p+1. The average molecular weight is 280 g/mol. The number of nitrogen functional groups attached to an aromatic ring is 1. The van der Waals surface area contributed by atoms with Gasteiger partial charge in [0.25, 0.3) is 5.69 Å². The van der Waals surface area contributed by atoms with Gasteiger partial charge in [-0.3, -0.25) is 0 Å². The van der Waals surface area contributed by atoms with Crippen molar-refractivity contribution in [3.8, 4) is 0 Å². The molecular weight excluding hydrogens is 268 g/mol. The summed E-state index contributed by atoms with van der Waals surface area (Å²) < 4.78 is 0. The molecule has 0 aromatic heterocycles. The van der Waals surface area contributed by atoms with Crippen molar-refractivity contribution in [1.82, 2.24) is 0 Å². The van der Waals surface area contributed by atoms with Crippen molar-refractivity contribution < 1.29 is 5.18 Å². The highest BCUT2D eigenvalue weighted by molar-refractivity contribution is 7.98. The highest BCUT2D eigenvalue weighted by Gasteiger charge is 2.03. The summed E-state index contributed by atoms with van der Waals surface area (Å²) in [6.45, 7) is 0. The lowest BCUT2D eigenvalue weighted by atomic mass is 10.2. The Morgan fingerprint density at radius 3 is 2.50 bits per heavy atom. The fraction of sp³-hybridized carbons (Fsp3) is 0.0769. The summed E-state index contributed by atoms with van der Waals surface area (Å²) in [7, 11) is 0. The first kappa shape index (κ1) is 12.9. The summed E-state index contributed by atoms with van der Waals surface area (Å²) in [5, 5.41) is 2.49. The molecule has 0 amide bonds. The van der Waals surface area contributed by atoms with E-state index in [1.165, 1.54) is 0 Å². The summed E-state index contributed by atoms with van der Waals surface area (Å²) in [4.78, 5) is 11.4. The van der Waals surface area contributed by atoms with Crippen molar-refractivity contribution in [2.45, 2.75) is 10.6 Å². The van der Waals surface area contributed by atoms with Gasteiger partial charge in [0.05, 0.1) is 0 Å². The molecule has 0 aliphatic rings. The van der Waals surface area contributed by atoms with Gasteiger partial charge in [0, 0.05) is 43.6 Å². The van der Waals surface area contributed by atoms with Crippen LogP contribution in [0.2, 0.25) is 5.02 Å². The molecule has 0 radical (unpaired) electrons. The first-order valence-corrected chi connectivity index (χ1v) is 6.70. The van der Waals surface area contributed by atoms with E-state index in [0.717, 1.165) is 16.2 Å². The number of benzene rings is 2. The summed E-state index contributed by atoms with van der Waals surface area (Å²) in [5.41, 5.74) is 8.26. The first-order valence-electron chi connectivity index (χ1n) is 5.34. The smallest absolute Gasteiger partial charge is 0.253 e. The molecule has 0 saturated heterocycles. The highest BCUT2D eigenvalue weighted by Crippen LogP contribution is 2.30. The molecule has 0 heterocycles. The molecule has 92 valence electrons. The Morgan fingerprint density at radius 1 is 1.17 bits per heavy atom. The Morgan fingerprint density at radius 2 is 1.89 bits per heavy atom. The summed E-state index contributed by atoms with van der Waals surface area (Å²) in [6.07, 6.45) is 0. The minimum absolute atomic E-state index is 0.565.